The molecule has 0 spiro atoms. The van der Waals surface area contributed by atoms with Gasteiger partial charge in [-0.1, -0.05) is 12.1 Å². The summed E-state index contributed by atoms with van der Waals surface area (Å²) in [5, 5.41) is 11.4. The van der Waals surface area contributed by atoms with Crippen molar-refractivity contribution in [2.24, 2.45) is 0 Å². The van der Waals surface area contributed by atoms with E-state index < -0.39 is 40.6 Å². The molecule has 2 aromatic rings. The lowest BCUT2D eigenvalue weighted by atomic mass is 9.77. The molecule has 140 valence electrons. The number of anilines is 1. The molecule has 9 heteroatoms. The zero-order valence-corrected chi connectivity index (χ0v) is 14.6. The zero-order chi connectivity index (χ0) is 19.8. The molecular formula is C18H16N2O7. The van der Waals surface area contributed by atoms with Crippen molar-refractivity contribution in [3.05, 3.63) is 64.1 Å². The van der Waals surface area contributed by atoms with Crippen LogP contribution in [-0.4, -0.2) is 41.8 Å². The molecule has 2 heterocycles. The zero-order valence-electron chi connectivity index (χ0n) is 14.6. The molecule has 0 unspecified atom stereocenters. The highest BCUT2D eigenvalue weighted by atomic mass is 16.6. The van der Waals surface area contributed by atoms with Crippen LogP contribution in [0.15, 0.2) is 47.1 Å². The molecule has 1 aromatic carbocycles. The molecule has 2 atom stereocenters. The molecule has 3 rings (SSSR count). The van der Waals surface area contributed by atoms with Gasteiger partial charge >= 0.3 is 5.97 Å². The maximum atomic E-state index is 13.4. The molecule has 1 aromatic heterocycles. The number of ketones is 1. The molecule has 1 aliphatic heterocycles. The lowest BCUT2D eigenvalue weighted by Crippen LogP contribution is -2.63. The maximum absolute atomic E-state index is 13.4. The summed E-state index contributed by atoms with van der Waals surface area (Å²) in [6, 6.07) is 9.06. The van der Waals surface area contributed by atoms with Crippen LogP contribution in [0.1, 0.15) is 29.0 Å². The SMILES string of the molecule is COC(=O)[C@]1([C@H](C[N+](=O)[O-])c2ccco2)C(=O)c2ccccc2N1C(C)=O. The van der Waals surface area contributed by atoms with Crippen LogP contribution in [0.4, 0.5) is 5.69 Å². The standard InChI is InChI=1S/C18H16N2O7/c1-11(21)20-14-7-4-3-6-12(14)16(22)18(20,17(23)26-2)13(10-19(24)25)15-8-5-9-27-15/h3-9,13H,10H2,1-2H3/t13-,18+/m1/s1. The number of ether oxygens (including phenoxy) is 1. The van der Waals surface area contributed by atoms with E-state index in [1.807, 2.05) is 0 Å². The van der Waals surface area contributed by atoms with Crippen LogP contribution in [0.2, 0.25) is 0 Å². The summed E-state index contributed by atoms with van der Waals surface area (Å²) < 4.78 is 10.2. The predicted octanol–water partition coefficient (Wildman–Crippen LogP) is 1.80. The monoisotopic (exact) mass is 372 g/mol. The van der Waals surface area contributed by atoms with Gasteiger partial charge in [-0.2, -0.15) is 0 Å². The second-order valence-corrected chi connectivity index (χ2v) is 6.04. The smallest absolute Gasteiger partial charge is 0.341 e. The van der Waals surface area contributed by atoms with Crippen molar-refractivity contribution >= 4 is 23.3 Å². The molecule has 9 nitrogen and oxygen atoms in total. The van der Waals surface area contributed by atoms with Crippen LogP contribution in [-0.2, 0) is 14.3 Å². The van der Waals surface area contributed by atoms with Gasteiger partial charge in [-0.25, -0.2) is 4.79 Å². The average molecular weight is 372 g/mol. The number of fused-ring (bicyclic) bond motifs is 1. The van der Waals surface area contributed by atoms with Crippen molar-refractivity contribution in [3.63, 3.8) is 0 Å². The van der Waals surface area contributed by atoms with Crippen molar-refractivity contribution in [2.45, 2.75) is 18.4 Å². The Labute approximate surface area is 153 Å². The molecule has 0 saturated heterocycles. The number of esters is 1. The number of hydrogen-bond acceptors (Lipinski definition) is 7. The van der Waals surface area contributed by atoms with Crippen molar-refractivity contribution in [1.82, 2.24) is 0 Å². The number of amides is 1. The predicted molar refractivity (Wildman–Crippen MR) is 92.0 cm³/mol. The van der Waals surface area contributed by atoms with Crippen molar-refractivity contribution in [2.75, 3.05) is 18.6 Å². The third-order valence-electron chi connectivity index (χ3n) is 4.62. The number of Topliss-reactive ketones (excluding diaryl/α,β-unsaturated/α-hetero) is 1. The Bertz CT molecular complexity index is 922. The Balaban J connectivity index is 2.35. The fourth-order valence-corrected chi connectivity index (χ4v) is 3.64. The highest BCUT2D eigenvalue weighted by molar-refractivity contribution is 6.30. The highest BCUT2D eigenvalue weighted by Gasteiger charge is 2.66. The first-order valence-electron chi connectivity index (χ1n) is 8.04. The van der Waals surface area contributed by atoms with E-state index in [1.165, 1.54) is 37.5 Å². The second kappa shape index (κ2) is 6.67. The van der Waals surface area contributed by atoms with E-state index in [4.69, 9.17) is 9.15 Å². The van der Waals surface area contributed by atoms with Gasteiger partial charge in [-0.05, 0) is 24.3 Å². The van der Waals surface area contributed by atoms with Crippen molar-refractivity contribution < 1.29 is 28.5 Å². The highest BCUT2D eigenvalue weighted by Crippen LogP contribution is 2.47. The van der Waals surface area contributed by atoms with Crippen LogP contribution in [0.3, 0.4) is 0 Å². The summed E-state index contributed by atoms with van der Waals surface area (Å²) in [4.78, 5) is 50.5. The number of nitrogens with zero attached hydrogens (tertiary/aromatic N) is 2. The first-order chi connectivity index (χ1) is 12.9. The summed E-state index contributed by atoms with van der Waals surface area (Å²) in [7, 11) is 1.06. The lowest BCUT2D eigenvalue weighted by Gasteiger charge is -2.37. The molecule has 0 N–H and O–H groups in total. The van der Waals surface area contributed by atoms with Gasteiger partial charge in [0.1, 0.15) is 11.7 Å². The number of nitro groups is 1. The number of rotatable bonds is 5. The largest absolute Gasteiger partial charge is 0.469 e. The Morgan fingerprint density at radius 2 is 2.00 bits per heavy atom. The summed E-state index contributed by atoms with van der Waals surface area (Å²) in [6.07, 6.45) is 1.28. The Morgan fingerprint density at radius 3 is 2.56 bits per heavy atom. The number of methoxy groups -OCH3 is 1. The molecular weight excluding hydrogens is 356 g/mol. The number of carbonyl (C=O) groups is 3. The van der Waals surface area contributed by atoms with Gasteiger partial charge in [-0.15, -0.1) is 0 Å². The molecule has 0 aliphatic carbocycles. The topological polar surface area (TPSA) is 120 Å². The summed E-state index contributed by atoms with van der Waals surface area (Å²) in [5.41, 5.74) is -1.96. The molecule has 0 radical (unpaired) electrons. The molecule has 27 heavy (non-hydrogen) atoms. The Morgan fingerprint density at radius 1 is 1.30 bits per heavy atom. The van der Waals surface area contributed by atoms with Crippen LogP contribution in [0.25, 0.3) is 0 Å². The minimum atomic E-state index is -2.27. The molecule has 0 bridgehead atoms. The quantitative estimate of drug-likeness (QED) is 0.340. The Kier molecular flexibility index (Phi) is 4.52. The normalized spacial score (nSPS) is 19.5. The van der Waals surface area contributed by atoms with E-state index in [-0.39, 0.29) is 17.0 Å². The van der Waals surface area contributed by atoms with Crippen LogP contribution >= 0.6 is 0 Å². The van der Waals surface area contributed by atoms with Crippen LogP contribution < -0.4 is 4.90 Å². The fourth-order valence-electron chi connectivity index (χ4n) is 3.64. The first kappa shape index (κ1) is 18.3. The number of hydrogen-bond donors (Lipinski definition) is 0. The minimum Gasteiger partial charge on any atom is -0.469 e. The van der Waals surface area contributed by atoms with E-state index in [0.717, 1.165) is 12.0 Å². The van der Waals surface area contributed by atoms with Gasteiger partial charge in [0.25, 0.3) is 0 Å². The average Bonchev–Trinajstić information content (AvgIpc) is 3.25. The number of furan rings is 1. The van der Waals surface area contributed by atoms with Crippen molar-refractivity contribution in [1.29, 1.82) is 0 Å². The number of benzene rings is 1. The molecule has 1 amide bonds. The number of carbonyl (C=O) groups excluding carboxylic acids is 3. The van der Waals surface area contributed by atoms with E-state index in [0.29, 0.717) is 0 Å². The van der Waals surface area contributed by atoms with Gasteiger partial charge < -0.3 is 9.15 Å². The van der Waals surface area contributed by atoms with Crippen molar-refractivity contribution in [3.8, 4) is 0 Å². The lowest BCUT2D eigenvalue weighted by molar-refractivity contribution is -0.484. The third-order valence-corrected chi connectivity index (χ3v) is 4.62. The first-order valence-corrected chi connectivity index (χ1v) is 8.04. The van der Waals surface area contributed by atoms with Gasteiger partial charge in [0.15, 0.2) is 0 Å². The second-order valence-electron chi connectivity index (χ2n) is 6.04. The van der Waals surface area contributed by atoms with Gasteiger partial charge in [0.05, 0.1) is 19.1 Å². The van der Waals surface area contributed by atoms with Crippen LogP contribution in [0.5, 0.6) is 0 Å². The minimum absolute atomic E-state index is 0.0320. The third kappa shape index (κ3) is 2.59. The molecule has 1 aliphatic rings. The van der Waals surface area contributed by atoms with Gasteiger partial charge in [0.2, 0.25) is 23.8 Å². The van der Waals surface area contributed by atoms with E-state index >= 15 is 0 Å². The molecule has 0 fully saturated rings. The van der Waals surface area contributed by atoms with Crippen LogP contribution in [0, 0.1) is 10.1 Å². The van der Waals surface area contributed by atoms with Gasteiger partial charge in [-0.3, -0.25) is 24.6 Å². The summed E-state index contributed by atoms with van der Waals surface area (Å²) in [5.74, 6) is -3.78. The fraction of sp³-hybridized carbons (Fsp3) is 0.278. The van der Waals surface area contributed by atoms with Gasteiger partial charge in [0, 0.05) is 17.4 Å². The Hall–Kier alpha value is -3.49. The van der Waals surface area contributed by atoms with E-state index in [1.54, 1.807) is 12.1 Å². The maximum Gasteiger partial charge on any atom is 0.341 e. The van der Waals surface area contributed by atoms with E-state index in [9.17, 15) is 24.5 Å². The summed E-state index contributed by atoms with van der Waals surface area (Å²) >= 11 is 0. The number of para-hydroxylation sites is 1. The summed E-state index contributed by atoms with van der Waals surface area (Å²) in [6.45, 7) is 0.366. The molecule has 0 saturated carbocycles. The van der Waals surface area contributed by atoms with E-state index in [2.05, 4.69) is 0 Å².